The molecule has 0 aliphatic heterocycles. The van der Waals surface area contributed by atoms with Crippen molar-refractivity contribution < 1.29 is 13.9 Å². The Balaban J connectivity index is 1.85. The van der Waals surface area contributed by atoms with Crippen LogP contribution in [0.25, 0.3) is 0 Å². The minimum absolute atomic E-state index is 0.0328. The van der Waals surface area contributed by atoms with Crippen LogP contribution in [0.5, 0.6) is 0 Å². The highest BCUT2D eigenvalue weighted by molar-refractivity contribution is 5.67. The fourth-order valence-corrected chi connectivity index (χ4v) is 1.72. The SMILES string of the molecule is N#Cc1ccc(F)c(CNC(=O)OCc2ccccc2)c1. The standard InChI is InChI=1S/C16H13FN2O2/c17-15-7-6-13(9-18)8-14(15)10-19-16(20)21-11-12-4-2-1-3-5-12/h1-8H,10-11H2,(H,19,20). The van der Waals surface area contributed by atoms with Gasteiger partial charge < -0.3 is 10.1 Å². The van der Waals surface area contributed by atoms with Crippen molar-refractivity contribution in [3.63, 3.8) is 0 Å². The van der Waals surface area contributed by atoms with Gasteiger partial charge in [-0.3, -0.25) is 0 Å². The zero-order valence-corrected chi connectivity index (χ0v) is 11.2. The van der Waals surface area contributed by atoms with E-state index in [-0.39, 0.29) is 18.7 Å². The average molecular weight is 284 g/mol. The molecule has 0 aliphatic rings. The molecule has 0 aromatic heterocycles. The van der Waals surface area contributed by atoms with Gasteiger partial charge in [0.05, 0.1) is 11.6 Å². The van der Waals surface area contributed by atoms with Crippen LogP contribution in [0.3, 0.4) is 0 Å². The van der Waals surface area contributed by atoms with E-state index >= 15 is 0 Å². The van der Waals surface area contributed by atoms with Crippen LogP contribution < -0.4 is 5.32 Å². The summed E-state index contributed by atoms with van der Waals surface area (Å²) in [5.41, 5.74) is 1.45. The van der Waals surface area contributed by atoms with E-state index in [2.05, 4.69) is 5.32 Å². The first kappa shape index (κ1) is 14.5. The topological polar surface area (TPSA) is 62.1 Å². The Kier molecular flexibility index (Phi) is 4.89. The van der Waals surface area contributed by atoms with Crippen LogP contribution >= 0.6 is 0 Å². The molecule has 0 spiro atoms. The van der Waals surface area contributed by atoms with Gasteiger partial charge >= 0.3 is 6.09 Å². The summed E-state index contributed by atoms with van der Waals surface area (Å²) in [6.45, 7) is 0.113. The highest BCUT2D eigenvalue weighted by Gasteiger charge is 2.07. The molecule has 106 valence electrons. The molecule has 2 rings (SSSR count). The third-order valence-corrected chi connectivity index (χ3v) is 2.81. The number of benzene rings is 2. The number of hydrogen-bond donors (Lipinski definition) is 1. The van der Waals surface area contributed by atoms with Gasteiger partial charge in [0.25, 0.3) is 0 Å². The first-order valence-electron chi connectivity index (χ1n) is 6.32. The van der Waals surface area contributed by atoms with E-state index in [1.807, 2.05) is 36.4 Å². The minimum Gasteiger partial charge on any atom is -0.445 e. The molecular formula is C16H13FN2O2. The summed E-state index contributed by atoms with van der Waals surface area (Å²) >= 11 is 0. The maximum absolute atomic E-state index is 13.5. The molecule has 0 heterocycles. The van der Waals surface area contributed by atoms with Gasteiger partial charge in [-0.2, -0.15) is 5.26 Å². The van der Waals surface area contributed by atoms with Crippen molar-refractivity contribution in [1.82, 2.24) is 5.32 Å². The quantitative estimate of drug-likeness (QED) is 0.938. The van der Waals surface area contributed by atoms with Gasteiger partial charge in [0.1, 0.15) is 12.4 Å². The monoisotopic (exact) mass is 284 g/mol. The second kappa shape index (κ2) is 7.06. The average Bonchev–Trinajstić information content (AvgIpc) is 2.53. The van der Waals surface area contributed by atoms with E-state index in [0.29, 0.717) is 5.56 Å². The maximum atomic E-state index is 13.5. The lowest BCUT2D eigenvalue weighted by molar-refractivity contribution is 0.139. The summed E-state index contributed by atoms with van der Waals surface area (Å²) in [4.78, 5) is 11.5. The van der Waals surface area contributed by atoms with Gasteiger partial charge in [0, 0.05) is 12.1 Å². The van der Waals surface area contributed by atoms with Gasteiger partial charge in [-0.15, -0.1) is 0 Å². The zero-order chi connectivity index (χ0) is 15.1. The van der Waals surface area contributed by atoms with Crippen molar-refractivity contribution in [2.75, 3.05) is 0 Å². The number of ether oxygens (including phenoxy) is 1. The number of rotatable bonds is 4. The number of nitrogens with one attached hydrogen (secondary N) is 1. The molecule has 5 heteroatoms. The predicted molar refractivity (Wildman–Crippen MR) is 74.6 cm³/mol. The summed E-state index contributed by atoms with van der Waals surface area (Å²) < 4.78 is 18.5. The molecule has 2 aromatic carbocycles. The normalized spacial score (nSPS) is 9.71. The minimum atomic E-state index is -0.638. The van der Waals surface area contributed by atoms with E-state index in [1.165, 1.54) is 18.2 Å². The lowest BCUT2D eigenvalue weighted by Gasteiger charge is -2.08. The number of nitrogens with zero attached hydrogens (tertiary/aromatic N) is 1. The molecule has 0 saturated heterocycles. The molecule has 1 N–H and O–H groups in total. The lowest BCUT2D eigenvalue weighted by Crippen LogP contribution is -2.24. The van der Waals surface area contributed by atoms with Crippen LogP contribution in [0, 0.1) is 17.1 Å². The molecule has 0 atom stereocenters. The second-order valence-corrected chi connectivity index (χ2v) is 4.33. The Morgan fingerprint density at radius 2 is 2.00 bits per heavy atom. The van der Waals surface area contributed by atoms with Crippen molar-refractivity contribution in [3.8, 4) is 6.07 Å². The molecule has 2 aromatic rings. The van der Waals surface area contributed by atoms with Gasteiger partial charge in [-0.1, -0.05) is 30.3 Å². The Labute approximate surface area is 121 Å². The van der Waals surface area contributed by atoms with Crippen molar-refractivity contribution in [1.29, 1.82) is 5.26 Å². The molecule has 21 heavy (non-hydrogen) atoms. The number of amides is 1. The fourth-order valence-electron chi connectivity index (χ4n) is 1.72. The van der Waals surface area contributed by atoms with Crippen LogP contribution in [-0.4, -0.2) is 6.09 Å². The molecular weight excluding hydrogens is 271 g/mol. The summed E-state index contributed by atoms with van der Waals surface area (Å²) in [5.74, 6) is -0.475. The Morgan fingerprint density at radius 3 is 2.71 bits per heavy atom. The fraction of sp³-hybridized carbons (Fsp3) is 0.125. The molecule has 0 saturated carbocycles. The van der Waals surface area contributed by atoms with Crippen molar-refractivity contribution >= 4 is 6.09 Å². The van der Waals surface area contributed by atoms with E-state index in [9.17, 15) is 9.18 Å². The van der Waals surface area contributed by atoms with Crippen LogP contribution in [0.2, 0.25) is 0 Å². The molecule has 0 unspecified atom stereocenters. The van der Waals surface area contributed by atoms with Crippen LogP contribution in [0.1, 0.15) is 16.7 Å². The number of alkyl carbamates (subject to hydrolysis) is 1. The van der Waals surface area contributed by atoms with E-state index in [0.717, 1.165) is 5.56 Å². The van der Waals surface area contributed by atoms with Crippen LogP contribution in [0.4, 0.5) is 9.18 Å². The van der Waals surface area contributed by atoms with Crippen LogP contribution in [0.15, 0.2) is 48.5 Å². The molecule has 0 aliphatic carbocycles. The number of carbonyl (C=O) groups is 1. The zero-order valence-electron chi connectivity index (χ0n) is 11.2. The first-order chi connectivity index (χ1) is 10.2. The third kappa shape index (κ3) is 4.32. The number of hydrogen-bond acceptors (Lipinski definition) is 3. The van der Waals surface area contributed by atoms with Crippen molar-refractivity contribution in [3.05, 3.63) is 71.0 Å². The smallest absolute Gasteiger partial charge is 0.407 e. The maximum Gasteiger partial charge on any atom is 0.407 e. The number of carbonyl (C=O) groups excluding carboxylic acids is 1. The first-order valence-corrected chi connectivity index (χ1v) is 6.32. The molecule has 0 bridgehead atoms. The van der Waals surface area contributed by atoms with Gasteiger partial charge in [0.2, 0.25) is 0 Å². The summed E-state index contributed by atoms with van der Waals surface area (Å²) in [6.07, 6.45) is -0.638. The highest BCUT2D eigenvalue weighted by atomic mass is 19.1. The molecule has 0 radical (unpaired) electrons. The second-order valence-electron chi connectivity index (χ2n) is 4.33. The Hall–Kier alpha value is -2.87. The molecule has 1 amide bonds. The van der Waals surface area contributed by atoms with E-state index in [4.69, 9.17) is 10.00 Å². The summed E-state index contributed by atoms with van der Waals surface area (Å²) in [7, 11) is 0. The van der Waals surface area contributed by atoms with Crippen molar-refractivity contribution in [2.24, 2.45) is 0 Å². The third-order valence-electron chi connectivity index (χ3n) is 2.81. The van der Waals surface area contributed by atoms with E-state index < -0.39 is 11.9 Å². The van der Waals surface area contributed by atoms with Crippen LogP contribution in [-0.2, 0) is 17.9 Å². The Bertz CT molecular complexity index is 666. The van der Waals surface area contributed by atoms with Gasteiger partial charge in [-0.25, -0.2) is 9.18 Å². The Morgan fingerprint density at radius 1 is 1.24 bits per heavy atom. The van der Waals surface area contributed by atoms with Gasteiger partial charge in [-0.05, 0) is 23.8 Å². The largest absolute Gasteiger partial charge is 0.445 e. The predicted octanol–water partition coefficient (Wildman–Crippen LogP) is 3.12. The lowest BCUT2D eigenvalue weighted by atomic mass is 10.1. The summed E-state index contributed by atoms with van der Waals surface area (Å²) in [5, 5.41) is 11.2. The van der Waals surface area contributed by atoms with Crippen molar-refractivity contribution in [2.45, 2.75) is 13.2 Å². The number of halogens is 1. The summed E-state index contributed by atoms with van der Waals surface area (Å²) in [6, 6.07) is 15.1. The highest BCUT2D eigenvalue weighted by Crippen LogP contribution is 2.10. The van der Waals surface area contributed by atoms with Gasteiger partial charge in [0.15, 0.2) is 0 Å². The molecule has 4 nitrogen and oxygen atoms in total. The van der Waals surface area contributed by atoms with E-state index in [1.54, 1.807) is 0 Å². The molecule has 0 fully saturated rings. The number of nitriles is 1.